The maximum atomic E-state index is 12.3. The van der Waals surface area contributed by atoms with E-state index >= 15 is 0 Å². The van der Waals surface area contributed by atoms with E-state index in [9.17, 15) is 4.79 Å². The number of amides is 1. The Labute approximate surface area is 163 Å². The molecule has 2 aromatic carbocycles. The Hall–Kier alpha value is -1.98. The first-order chi connectivity index (χ1) is 12.6. The topological polar surface area (TPSA) is 35.9 Å². The quantitative estimate of drug-likeness (QED) is 0.767. The summed E-state index contributed by atoms with van der Waals surface area (Å²) in [4.78, 5) is 20.9. The molecule has 0 aromatic heterocycles. The van der Waals surface area contributed by atoms with E-state index in [1.165, 1.54) is 5.56 Å². The molecule has 0 bridgehead atoms. The Morgan fingerprint density at radius 1 is 1.23 bits per heavy atom. The number of nitrogens with zero attached hydrogens (tertiary/aromatic N) is 3. The van der Waals surface area contributed by atoms with Gasteiger partial charge in [-0.1, -0.05) is 53.7 Å². The van der Waals surface area contributed by atoms with Crippen molar-refractivity contribution in [1.29, 1.82) is 0 Å². The fraction of sp³-hybridized carbons (Fsp3) is 0.300. The van der Waals surface area contributed by atoms with E-state index in [4.69, 9.17) is 16.6 Å². The van der Waals surface area contributed by atoms with Crippen LogP contribution in [0.1, 0.15) is 12.5 Å². The lowest BCUT2D eigenvalue weighted by Crippen LogP contribution is -2.48. The van der Waals surface area contributed by atoms with Gasteiger partial charge in [0.05, 0.1) is 0 Å². The third kappa shape index (κ3) is 4.40. The molecular weight excluding hydrogens is 366 g/mol. The van der Waals surface area contributed by atoms with Crippen LogP contribution in [0.2, 0.25) is 5.02 Å². The number of thioether (sulfide) groups is 1. The minimum Gasteiger partial charge on any atom is -0.333 e. The molecule has 1 fully saturated rings. The molecule has 1 aliphatic rings. The molecule has 0 N–H and O–H groups in total. The lowest BCUT2D eigenvalue weighted by atomic mass is 10.2. The van der Waals surface area contributed by atoms with Crippen molar-refractivity contribution in [3.63, 3.8) is 0 Å². The molecule has 1 aliphatic heterocycles. The van der Waals surface area contributed by atoms with Gasteiger partial charge in [0, 0.05) is 37.0 Å². The summed E-state index contributed by atoms with van der Waals surface area (Å²) < 4.78 is 0. The van der Waals surface area contributed by atoms with Crippen molar-refractivity contribution in [1.82, 2.24) is 4.90 Å². The summed E-state index contributed by atoms with van der Waals surface area (Å²) in [5.41, 5.74) is 2.13. The monoisotopic (exact) mass is 387 g/mol. The largest absolute Gasteiger partial charge is 0.333 e. The summed E-state index contributed by atoms with van der Waals surface area (Å²) >= 11 is 7.67. The average molecular weight is 388 g/mol. The average Bonchev–Trinajstić information content (AvgIpc) is 2.98. The lowest BCUT2D eigenvalue weighted by Gasteiger charge is -2.32. The Kier molecular flexibility index (Phi) is 6.22. The van der Waals surface area contributed by atoms with Crippen LogP contribution in [0.15, 0.2) is 59.6 Å². The molecule has 6 heteroatoms. The number of carbonyl (C=O) groups is 1. The SMILES string of the molecule is CC(=O)N(c1ccc(Cl)cc1)C1CSC(=NCCc2ccccc2)N1C. The smallest absolute Gasteiger partial charge is 0.225 e. The molecule has 1 saturated heterocycles. The van der Waals surface area contributed by atoms with Crippen LogP contribution in [0.3, 0.4) is 0 Å². The van der Waals surface area contributed by atoms with Crippen LogP contribution in [-0.4, -0.2) is 41.5 Å². The van der Waals surface area contributed by atoms with E-state index in [0.29, 0.717) is 5.02 Å². The van der Waals surface area contributed by atoms with Crippen molar-refractivity contribution < 1.29 is 4.79 Å². The Balaban J connectivity index is 1.70. The number of hydrogen-bond acceptors (Lipinski definition) is 3. The number of hydrogen-bond donors (Lipinski definition) is 0. The van der Waals surface area contributed by atoms with Crippen LogP contribution >= 0.6 is 23.4 Å². The molecule has 1 amide bonds. The second kappa shape index (κ2) is 8.60. The normalized spacial score (nSPS) is 18.3. The van der Waals surface area contributed by atoms with Gasteiger partial charge in [-0.2, -0.15) is 0 Å². The first-order valence-electron chi connectivity index (χ1n) is 8.55. The van der Waals surface area contributed by atoms with E-state index in [2.05, 4.69) is 17.0 Å². The molecule has 0 aliphatic carbocycles. The van der Waals surface area contributed by atoms with Crippen molar-refractivity contribution in [3.8, 4) is 0 Å². The molecule has 1 heterocycles. The molecule has 26 heavy (non-hydrogen) atoms. The summed E-state index contributed by atoms with van der Waals surface area (Å²) in [6, 6.07) is 17.7. The number of rotatable bonds is 5. The molecule has 1 atom stereocenters. The van der Waals surface area contributed by atoms with Crippen LogP contribution in [-0.2, 0) is 11.2 Å². The molecule has 0 saturated carbocycles. The number of amidine groups is 1. The van der Waals surface area contributed by atoms with Gasteiger partial charge in [0.15, 0.2) is 5.17 Å². The molecular formula is C20H22ClN3OS. The van der Waals surface area contributed by atoms with Crippen molar-refractivity contribution in [2.75, 3.05) is 24.2 Å². The van der Waals surface area contributed by atoms with E-state index in [1.54, 1.807) is 18.7 Å². The second-order valence-electron chi connectivity index (χ2n) is 6.17. The molecule has 136 valence electrons. The predicted molar refractivity (Wildman–Crippen MR) is 111 cm³/mol. The number of halogens is 1. The summed E-state index contributed by atoms with van der Waals surface area (Å²) in [7, 11) is 2.00. The Bertz CT molecular complexity index is 779. The first-order valence-corrected chi connectivity index (χ1v) is 9.92. The van der Waals surface area contributed by atoms with E-state index in [-0.39, 0.29) is 12.1 Å². The number of aliphatic imine (C=N–C) groups is 1. The highest BCUT2D eigenvalue weighted by atomic mass is 35.5. The zero-order valence-electron chi connectivity index (χ0n) is 14.9. The maximum Gasteiger partial charge on any atom is 0.225 e. The van der Waals surface area contributed by atoms with Gasteiger partial charge in [-0.05, 0) is 36.2 Å². The van der Waals surface area contributed by atoms with E-state index in [0.717, 1.165) is 29.6 Å². The van der Waals surface area contributed by atoms with Gasteiger partial charge in [-0.3, -0.25) is 14.7 Å². The van der Waals surface area contributed by atoms with E-state index < -0.39 is 0 Å². The number of benzene rings is 2. The van der Waals surface area contributed by atoms with Gasteiger partial charge in [-0.15, -0.1) is 0 Å². The maximum absolute atomic E-state index is 12.3. The minimum absolute atomic E-state index is 0.00954. The van der Waals surface area contributed by atoms with Gasteiger partial charge < -0.3 is 4.90 Å². The zero-order valence-corrected chi connectivity index (χ0v) is 16.5. The summed E-state index contributed by atoms with van der Waals surface area (Å²) in [6.07, 6.45) is 0.867. The fourth-order valence-electron chi connectivity index (χ4n) is 2.99. The summed E-state index contributed by atoms with van der Waals surface area (Å²) in [5, 5.41) is 1.64. The lowest BCUT2D eigenvalue weighted by molar-refractivity contribution is -0.117. The molecule has 2 aromatic rings. The first kappa shape index (κ1) is 18.8. The summed E-state index contributed by atoms with van der Waals surface area (Å²) in [6.45, 7) is 2.34. The number of anilines is 1. The number of carbonyl (C=O) groups excluding carboxylic acids is 1. The highest BCUT2D eigenvalue weighted by Gasteiger charge is 2.34. The summed E-state index contributed by atoms with van der Waals surface area (Å²) in [5.74, 6) is 0.804. The van der Waals surface area contributed by atoms with Gasteiger partial charge in [0.2, 0.25) is 5.91 Å². The third-order valence-electron chi connectivity index (χ3n) is 4.34. The molecule has 0 spiro atoms. The van der Waals surface area contributed by atoms with Gasteiger partial charge in [0.25, 0.3) is 0 Å². The van der Waals surface area contributed by atoms with Gasteiger partial charge in [-0.25, -0.2) is 0 Å². The van der Waals surface area contributed by atoms with Crippen LogP contribution in [0.25, 0.3) is 0 Å². The van der Waals surface area contributed by atoms with Gasteiger partial charge >= 0.3 is 0 Å². The highest BCUT2D eigenvalue weighted by molar-refractivity contribution is 8.14. The molecule has 4 nitrogen and oxygen atoms in total. The van der Waals surface area contributed by atoms with Crippen molar-refractivity contribution >= 4 is 40.1 Å². The molecule has 0 radical (unpaired) electrons. The highest BCUT2D eigenvalue weighted by Crippen LogP contribution is 2.29. The van der Waals surface area contributed by atoms with Crippen LogP contribution in [0.5, 0.6) is 0 Å². The minimum atomic E-state index is -0.0471. The molecule has 1 unspecified atom stereocenters. The van der Waals surface area contributed by atoms with Crippen molar-refractivity contribution in [2.45, 2.75) is 19.5 Å². The third-order valence-corrected chi connectivity index (χ3v) is 5.73. The Morgan fingerprint density at radius 3 is 2.58 bits per heavy atom. The molecule has 3 rings (SSSR count). The zero-order chi connectivity index (χ0) is 18.5. The van der Waals surface area contributed by atoms with E-state index in [1.807, 2.05) is 54.4 Å². The fourth-order valence-corrected chi connectivity index (χ4v) is 4.29. The van der Waals surface area contributed by atoms with Crippen LogP contribution < -0.4 is 4.90 Å². The van der Waals surface area contributed by atoms with Crippen LogP contribution in [0.4, 0.5) is 5.69 Å². The standard InChI is InChI=1S/C20H22ClN3OS/c1-15(25)24(18-10-8-17(21)9-11-18)19-14-26-20(23(19)2)22-13-12-16-6-4-3-5-7-16/h3-11,19H,12-14H2,1-2H3. The Morgan fingerprint density at radius 2 is 1.92 bits per heavy atom. The van der Waals surface area contributed by atoms with Crippen molar-refractivity contribution in [2.24, 2.45) is 4.99 Å². The second-order valence-corrected chi connectivity index (χ2v) is 7.59. The predicted octanol–water partition coefficient (Wildman–Crippen LogP) is 4.30. The van der Waals surface area contributed by atoms with Crippen molar-refractivity contribution in [3.05, 3.63) is 65.2 Å². The van der Waals surface area contributed by atoms with Gasteiger partial charge in [0.1, 0.15) is 6.17 Å². The van der Waals surface area contributed by atoms with Crippen LogP contribution in [0, 0.1) is 0 Å².